The van der Waals surface area contributed by atoms with Gasteiger partial charge in [0.1, 0.15) is 11.5 Å². The highest BCUT2D eigenvalue weighted by atomic mass is 16.5. The van der Waals surface area contributed by atoms with Crippen molar-refractivity contribution in [2.24, 2.45) is 11.3 Å². The van der Waals surface area contributed by atoms with Crippen LogP contribution < -0.4 is 15.2 Å². The summed E-state index contributed by atoms with van der Waals surface area (Å²) in [5.41, 5.74) is 6.99. The van der Waals surface area contributed by atoms with E-state index in [0.717, 1.165) is 24.3 Å². The van der Waals surface area contributed by atoms with Crippen LogP contribution in [0.4, 0.5) is 5.69 Å². The highest BCUT2D eigenvalue weighted by molar-refractivity contribution is 5.50. The normalized spacial score (nSPS) is 24.9. The molecule has 0 bridgehead atoms. The molecule has 1 fully saturated rings. The highest BCUT2D eigenvalue weighted by Gasteiger charge is 2.33. The lowest BCUT2D eigenvalue weighted by molar-refractivity contribution is 0.0561. The monoisotopic (exact) mass is 291 g/mol. The number of ether oxygens (including phenoxy) is 2. The van der Waals surface area contributed by atoms with Crippen LogP contribution in [0.25, 0.3) is 0 Å². The second-order valence-electron chi connectivity index (χ2n) is 7.56. The SMILES string of the molecule is CC1CC(Oc2cc(N)cc(OC(C)C)c2)CC(C)(C)C1. The Balaban J connectivity index is 2.10. The predicted octanol–water partition coefficient (Wildman–Crippen LogP) is 4.65. The molecule has 2 atom stereocenters. The highest BCUT2D eigenvalue weighted by Crippen LogP contribution is 2.40. The number of anilines is 1. The van der Waals surface area contributed by atoms with Crippen molar-refractivity contribution in [2.75, 3.05) is 5.73 Å². The first-order valence-electron chi connectivity index (χ1n) is 7.97. The average Bonchev–Trinajstić information content (AvgIpc) is 2.22. The number of nitrogens with two attached hydrogens (primary N) is 1. The molecule has 2 unspecified atom stereocenters. The smallest absolute Gasteiger partial charge is 0.125 e. The third kappa shape index (κ3) is 4.83. The van der Waals surface area contributed by atoms with Crippen molar-refractivity contribution in [2.45, 2.75) is 66.1 Å². The van der Waals surface area contributed by atoms with E-state index in [1.54, 1.807) is 0 Å². The molecule has 0 radical (unpaired) electrons. The van der Waals surface area contributed by atoms with Crippen molar-refractivity contribution in [1.29, 1.82) is 0 Å². The van der Waals surface area contributed by atoms with Gasteiger partial charge in [-0.2, -0.15) is 0 Å². The largest absolute Gasteiger partial charge is 0.491 e. The zero-order valence-electron chi connectivity index (χ0n) is 14.0. The lowest BCUT2D eigenvalue weighted by Gasteiger charge is -2.38. The van der Waals surface area contributed by atoms with E-state index in [-0.39, 0.29) is 12.2 Å². The number of hydrogen-bond donors (Lipinski definition) is 1. The second-order valence-corrected chi connectivity index (χ2v) is 7.56. The first-order chi connectivity index (χ1) is 9.73. The average molecular weight is 291 g/mol. The number of benzene rings is 1. The fourth-order valence-electron chi connectivity index (χ4n) is 3.54. The van der Waals surface area contributed by atoms with Crippen molar-refractivity contribution in [1.82, 2.24) is 0 Å². The van der Waals surface area contributed by atoms with Crippen LogP contribution in [0.2, 0.25) is 0 Å². The summed E-state index contributed by atoms with van der Waals surface area (Å²) in [4.78, 5) is 0. The molecule has 0 aliphatic heterocycles. The molecule has 1 aromatic rings. The fourth-order valence-corrected chi connectivity index (χ4v) is 3.54. The Morgan fingerprint density at radius 3 is 2.43 bits per heavy atom. The number of hydrogen-bond acceptors (Lipinski definition) is 3. The standard InChI is InChI=1S/C18H29NO2/c1-12(2)20-15-7-14(19)8-16(9-15)21-17-6-13(3)10-18(4,5)11-17/h7-9,12-13,17H,6,10-11,19H2,1-5H3. The Bertz CT molecular complexity index is 482. The topological polar surface area (TPSA) is 44.5 Å². The van der Waals surface area contributed by atoms with Gasteiger partial charge in [0.25, 0.3) is 0 Å². The Labute approximate surface area is 128 Å². The van der Waals surface area contributed by atoms with E-state index >= 15 is 0 Å². The van der Waals surface area contributed by atoms with Crippen LogP contribution in [0.1, 0.15) is 53.9 Å². The first kappa shape index (κ1) is 16.0. The lowest BCUT2D eigenvalue weighted by atomic mass is 9.71. The minimum atomic E-state index is 0.133. The van der Waals surface area contributed by atoms with Crippen LogP contribution >= 0.6 is 0 Å². The minimum absolute atomic E-state index is 0.133. The maximum absolute atomic E-state index is 6.20. The van der Waals surface area contributed by atoms with E-state index in [2.05, 4.69) is 20.8 Å². The van der Waals surface area contributed by atoms with Gasteiger partial charge in [-0.15, -0.1) is 0 Å². The maximum atomic E-state index is 6.20. The van der Waals surface area contributed by atoms with Crippen LogP contribution in [0, 0.1) is 11.3 Å². The Hall–Kier alpha value is -1.38. The summed E-state index contributed by atoms with van der Waals surface area (Å²) >= 11 is 0. The van der Waals surface area contributed by atoms with Gasteiger partial charge in [0.2, 0.25) is 0 Å². The van der Waals surface area contributed by atoms with Crippen LogP contribution in [0.3, 0.4) is 0 Å². The lowest BCUT2D eigenvalue weighted by Crippen LogP contribution is -2.34. The molecule has 1 aliphatic rings. The van der Waals surface area contributed by atoms with E-state index in [9.17, 15) is 0 Å². The van der Waals surface area contributed by atoms with E-state index in [1.165, 1.54) is 6.42 Å². The van der Waals surface area contributed by atoms with E-state index in [0.29, 0.717) is 17.0 Å². The third-order valence-corrected chi connectivity index (χ3v) is 3.92. The number of nitrogen functional groups attached to an aromatic ring is 1. The van der Waals surface area contributed by atoms with Gasteiger partial charge in [0, 0.05) is 23.9 Å². The predicted molar refractivity (Wildman–Crippen MR) is 87.8 cm³/mol. The molecule has 0 saturated heterocycles. The van der Waals surface area contributed by atoms with Crippen LogP contribution in [0.5, 0.6) is 11.5 Å². The fraction of sp³-hybridized carbons (Fsp3) is 0.667. The van der Waals surface area contributed by atoms with Crippen molar-refractivity contribution in [3.63, 3.8) is 0 Å². The summed E-state index contributed by atoms with van der Waals surface area (Å²) in [5, 5.41) is 0. The summed E-state index contributed by atoms with van der Waals surface area (Å²) in [5.74, 6) is 2.30. The van der Waals surface area contributed by atoms with Gasteiger partial charge < -0.3 is 15.2 Å². The molecule has 2 N–H and O–H groups in total. The molecule has 118 valence electrons. The molecule has 1 aliphatic carbocycles. The Kier molecular flexibility index (Phi) is 4.70. The molecule has 0 aromatic heterocycles. The zero-order valence-corrected chi connectivity index (χ0v) is 14.0. The Morgan fingerprint density at radius 2 is 1.81 bits per heavy atom. The van der Waals surface area contributed by atoms with Gasteiger partial charge in [-0.05, 0) is 44.4 Å². The van der Waals surface area contributed by atoms with Crippen molar-refractivity contribution >= 4 is 5.69 Å². The van der Waals surface area contributed by atoms with Crippen LogP contribution in [-0.4, -0.2) is 12.2 Å². The molecule has 3 heteroatoms. The van der Waals surface area contributed by atoms with E-state index in [4.69, 9.17) is 15.2 Å². The molecule has 21 heavy (non-hydrogen) atoms. The van der Waals surface area contributed by atoms with Gasteiger partial charge in [-0.3, -0.25) is 0 Å². The second kappa shape index (κ2) is 6.17. The molecule has 1 aromatic carbocycles. The van der Waals surface area contributed by atoms with Crippen molar-refractivity contribution < 1.29 is 9.47 Å². The molecule has 0 heterocycles. The van der Waals surface area contributed by atoms with Gasteiger partial charge in [-0.25, -0.2) is 0 Å². The van der Waals surface area contributed by atoms with Crippen LogP contribution in [-0.2, 0) is 0 Å². The van der Waals surface area contributed by atoms with Gasteiger partial charge in [-0.1, -0.05) is 20.8 Å². The van der Waals surface area contributed by atoms with Crippen molar-refractivity contribution in [3.8, 4) is 11.5 Å². The Morgan fingerprint density at radius 1 is 1.14 bits per heavy atom. The molecule has 0 spiro atoms. The summed E-state index contributed by atoms with van der Waals surface area (Å²) in [6.07, 6.45) is 3.86. The minimum Gasteiger partial charge on any atom is -0.491 e. The first-order valence-corrected chi connectivity index (χ1v) is 7.97. The molecule has 2 rings (SSSR count). The molecule has 1 saturated carbocycles. The van der Waals surface area contributed by atoms with E-state index < -0.39 is 0 Å². The van der Waals surface area contributed by atoms with E-state index in [1.807, 2.05) is 32.0 Å². The van der Waals surface area contributed by atoms with Crippen LogP contribution in [0.15, 0.2) is 18.2 Å². The molecular weight excluding hydrogens is 262 g/mol. The van der Waals surface area contributed by atoms with Gasteiger partial charge in [0.15, 0.2) is 0 Å². The third-order valence-electron chi connectivity index (χ3n) is 3.92. The maximum Gasteiger partial charge on any atom is 0.125 e. The summed E-state index contributed by atoms with van der Waals surface area (Å²) in [7, 11) is 0. The zero-order chi connectivity index (χ0) is 15.6. The van der Waals surface area contributed by atoms with Gasteiger partial charge in [0.05, 0.1) is 12.2 Å². The molecular formula is C18H29NO2. The quantitative estimate of drug-likeness (QED) is 0.821. The van der Waals surface area contributed by atoms with Crippen molar-refractivity contribution in [3.05, 3.63) is 18.2 Å². The summed E-state index contributed by atoms with van der Waals surface area (Å²) in [6, 6.07) is 5.68. The van der Waals surface area contributed by atoms with Gasteiger partial charge >= 0.3 is 0 Å². The molecule has 3 nitrogen and oxygen atoms in total. The summed E-state index contributed by atoms with van der Waals surface area (Å²) in [6.45, 7) is 11.0. The summed E-state index contributed by atoms with van der Waals surface area (Å²) < 4.78 is 11.9. The molecule has 0 amide bonds. The number of rotatable bonds is 4.